The van der Waals surface area contributed by atoms with Crippen molar-refractivity contribution in [3.05, 3.63) is 36.5 Å². The molecule has 0 amide bonds. The van der Waals surface area contributed by atoms with Gasteiger partial charge in [0.05, 0.1) is 6.61 Å². The molecule has 18 heavy (non-hydrogen) atoms. The molecular formula is C15H19NOS. The molecule has 1 unspecified atom stereocenters. The minimum atomic E-state index is 0.511. The maximum absolute atomic E-state index is 5.91. The number of thiol groups is 1. The normalized spacial score (nSPS) is 12.6. The Morgan fingerprint density at radius 3 is 2.89 bits per heavy atom. The smallest absolute Gasteiger partial charge is 0.145 e. The quantitative estimate of drug-likeness (QED) is 0.795. The van der Waals surface area contributed by atoms with Crippen LogP contribution in [0.2, 0.25) is 0 Å². The average molecular weight is 261 g/mol. The Labute approximate surface area is 114 Å². The van der Waals surface area contributed by atoms with E-state index >= 15 is 0 Å². The van der Waals surface area contributed by atoms with Crippen LogP contribution in [0.5, 0.6) is 5.75 Å². The summed E-state index contributed by atoms with van der Waals surface area (Å²) in [7, 11) is 0. The van der Waals surface area contributed by atoms with E-state index in [1.54, 1.807) is 6.20 Å². The molecule has 0 aliphatic carbocycles. The molecule has 1 atom stereocenters. The van der Waals surface area contributed by atoms with E-state index in [9.17, 15) is 0 Å². The Kier molecular flexibility index (Phi) is 4.88. The van der Waals surface area contributed by atoms with Gasteiger partial charge >= 0.3 is 0 Å². The molecule has 1 heterocycles. The van der Waals surface area contributed by atoms with Gasteiger partial charge in [-0.2, -0.15) is 12.6 Å². The maximum Gasteiger partial charge on any atom is 0.145 e. The number of hydrogen-bond donors (Lipinski definition) is 1. The molecule has 96 valence electrons. The summed E-state index contributed by atoms with van der Waals surface area (Å²) in [6.45, 7) is 2.91. The van der Waals surface area contributed by atoms with Crippen molar-refractivity contribution in [1.29, 1.82) is 0 Å². The Bertz CT molecular complexity index is 495. The van der Waals surface area contributed by atoms with Gasteiger partial charge in [0.1, 0.15) is 11.3 Å². The highest BCUT2D eigenvalue weighted by atomic mass is 32.1. The minimum Gasteiger partial charge on any atom is -0.491 e. The van der Waals surface area contributed by atoms with Crippen LogP contribution in [-0.2, 0) is 0 Å². The van der Waals surface area contributed by atoms with Crippen molar-refractivity contribution in [1.82, 2.24) is 4.98 Å². The molecule has 0 saturated heterocycles. The SMILES string of the molecule is CCCC(CS)COc1cccc2cccnc12. The van der Waals surface area contributed by atoms with Crippen LogP contribution in [-0.4, -0.2) is 17.3 Å². The Hall–Kier alpha value is -1.22. The van der Waals surface area contributed by atoms with Crippen LogP contribution >= 0.6 is 12.6 Å². The van der Waals surface area contributed by atoms with Gasteiger partial charge in [-0.05, 0) is 24.3 Å². The number of pyridine rings is 1. The maximum atomic E-state index is 5.91. The van der Waals surface area contributed by atoms with Gasteiger partial charge in [0.15, 0.2) is 0 Å². The lowest BCUT2D eigenvalue weighted by atomic mass is 10.1. The van der Waals surface area contributed by atoms with Crippen molar-refractivity contribution in [2.75, 3.05) is 12.4 Å². The molecule has 0 spiro atoms. The number of aromatic nitrogens is 1. The number of fused-ring (bicyclic) bond motifs is 1. The summed E-state index contributed by atoms with van der Waals surface area (Å²) in [6, 6.07) is 10.0. The summed E-state index contributed by atoms with van der Waals surface area (Å²) in [5.74, 6) is 2.25. The highest BCUT2D eigenvalue weighted by Gasteiger charge is 2.08. The highest BCUT2D eigenvalue weighted by Crippen LogP contribution is 2.24. The molecule has 2 nitrogen and oxygen atoms in total. The minimum absolute atomic E-state index is 0.511. The number of para-hydroxylation sites is 1. The van der Waals surface area contributed by atoms with Crippen LogP contribution in [0.1, 0.15) is 19.8 Å². The first-order valence-corrected chi connectivity index (χ1v) is 7.05. The lowest BCUT2D eigenvalue weighted by Crippen LogP contribution is -2.13. The van der Waals surface area contributed by atoms with Crippen LogP contribution in [0.25, 0.3) is 10.9 Å². The van der Waals surface area contributed by atoms with Crippen LogP contribution in [0.4, 0.5) is 0 Å². The standard InChI is InChI=1S/C15H19NOS/c1-2-5-12(11-18)10-17-14-8-3-6-13-7-4-9-16-15(13)14/h3-4,6-9,12,18H,2,5,10-11H2,1H3. The molecule has 0 N–H and O–H groups in total. The fourth-order valence-electron chi connectivity index (χ4n) is 2.04. The Morgan fingerprint density at radius 2 is 2.11 bits per heavy atom. The van der Waals surface area contributed by atoms with Crippen molar-refractivity contribution in [3.63, 3.8) is 0 Å². The van der Waals surface area contributed by atoms with E-state index in [0.29, 0.717) is 12.5 Å². The van der Waals surface area contributed by atoms with Crippen LogP contribution in [0.3, 0.4) is 0 Å². The van der Waals surface area contributed by atoms with Gasteiger partial charge in [-0.1, -0.05) is 31.5 Å². The van der Waals surface area contributed by atoms with Crippen molar-refractivity contribution in [2.45, 2.75) is 19.8 Å². The second-order valence-corrected chi connectivity index (χ2v) is 4.84. The van der Waals surface area contributed by atoms with Crippen LogP contribution < -0.4 is 4.74 Å². The van der Waals surface area contributed by atoms with E-state index in [0.717, 1.165) is 28.8 Å². The van der Waals surface area contributed by atoms with E-state index in [1.807, 2.05) is 18.2 Å². The van der Waals surface area contributed by atoms with Gasteiger partial charge in [-0.15, -0.1) is 0 Å². The third-order valence-corrected chi connectivity index (χ3v) is 3.54. The van der Waals surface area contributed by atoms with E-state index in [2.05, 4.69) is 36.7 Å². The lowest BCUT2D eigenvalue weighted by molar-refractivity contribution is 0.257. The average Bonchev–Trinajstić information content (AvgIpc) is 2.43. The number of rotatable bonds is 6. The van der Waals surface area contributed by atoms with Gasteiger partial charge in [-0.3, -0.25) is 4.98 Å². The van der Waals surface area contributed by atoms with Gasteiger partial charge in [0.25, 0.3) is 0 Å². The van der Waals surface area contributed by atoms with E-state index < -0.39 is 0 Å². The molecule has 0 aliphatic heterocycles. The first-order chi connectivity index (χ1) is 8.85. The van der Waals surface area contributed by atoms with Crippen LogP contribution in [0, 0.1) is 5.92 Å². The van der Waals surface area contributed by atoms with Gasteiger partial charge in [0, 0.05) is 17.5 Å². The predicted molar refractivity (Wildman–Crippen MR) is 79.5 cm³/mol. The van der Waals surface area contributed by atoms with Gasteiger partial charge in [0.2, 0.25) is 0 Å². The summed E-state index contributed by atoms with van der Waals surface area (Å²) in [4.78, 5) is 4.39. The number of nitrogens with zero attached hydrogens (tertiary/aromatic N) is 1. The number of ether oxygens (including phenoxy) is 1. The fraction of sp³-hybridized carbons (Fsp3) is 0.400. The molecule has 0 radical (unpaired) electrons. The third kappa shape index (κ3) is 3.16. The molecule has 0 fully saturated rings. The van der Waals surface area contributed by atoms with Gasteiger partial charge < -0.3 is 4.74 Å². The number of hydrogen-bond acceptors (Lipinski definition) is 3. The molecule has 2 aromatic rings. The fourth-order valence-corrected chi connectivity index (χ4v) is 2.32. The molecule has 0 bridgehead atoms. The summed E-state index contributed by atoms with van der Waals surface area (Å²) in [6.07, 6.45) is 4.13. The zero-order valence-electron chi connectivity index (χ0n) is 10.7. The molecule has 0 saturated carbocycles. The second-order valence-electron chi connectivity index (χ2n) is 4.48. The molecular weight excluding hydrogens is 242 g/mol. The van der Waals surface area contributed by atoms with Crippen molar-refractivity contribution in [3.8, 4) is 5.75 Å². The van der Waals surface area contributed by atoms with Crippen molar-refractivity contribution >= 4 is 23.5 Å². The first kappa shape index (κ1) is 13.2. The molecule has 1 aromatic heterocycles. The Balaban J connectivity index is 2.11. The molecule has 2 rings (SSSR count). The highest BCUT2D eigenvalue weighted by molar-refractivity contribution is 7.80. The zero-order chi connectivity index (χ0) is 12.8. The predicted octanol–water partition coefficient (Wildman–Crippen LogP) is 3.96. The molecule has 0 aliphatic rings. The summed E-state index contributed by atoms with van der Waals surface area (Å²) < 4.78 is 5.91. The topological polar surface area (TPSA) is 22.1 Å². The third-order valence-electron chi connectivity index (χ3n) is 3.03. The summed E-state index contributed by atoms with van der Waals surface area (Å²) >= 11 is 4.37. The lowest BCUT2D eigenvalue weighted by Gasteiger charge is -2.15. The largest absolute Gasteiger partial charge is 0.491 e. The molecule has 3 heteroatoms. The Morgan fingerprint density at radius 1 is 1.28 bits per heavy atom. The second kappa shape index (κ2) is 6.64. The van der Waals surface area contributed by atoms with E-state index in [4.69, 9.17) is 4.74 Å². The monoisotopic (exact) mass is 261 g/mol. The van der Waals surface area contributed by atoms with Crippen molar-refractivity contribution in [2.24, 2.45) is 5.92 Å². The summed E-state index contributed by atoms with van der Waals surface area (Å²) in [5, 5.41) is 1.12. The summed E-state index contributed by atoms with van der Waals surface area (Å²) in [5.41, 5.74) is 0.939. The van der Waals surface area contributed by atoms with Gasteiger partial charge in [-0.25, -0.2) is 0 Å². The zero-order valence-corrected chi connectivity index (χ0v) is 11.6. The van der Waals surface area contributed by atoms with Crippen molar-refractivity contribution < 1.29 is 4.74 Å². The van der Waals surface area contributed by atoms with E-state index in [1.165, 1.54) is 6.42 Å². The van der Waals surface area contributed by atoms with E-state index in [-0.39, 0.29) is 0 Å². The number of benzene rings is 1. The van der Waals surface area contributed by atoms with Crippen LogP contribution in [0.15, 0.2) is 36.5 Å². The first-order valence-electron chi connectivity index (χ1n) is 6.42. The molecule has 1 aromatic carbocycles.